The fraction of sp³-hybridized carbons (Fsp3) is 0.118. The first-order valence-corrected chi connectivity index (χ1v) is 6.83. The number of benzene rings is 2. The van der Waals surface area contributed by atoms with Crippen molar-refractivity contribution >= 4 is 28.9 Å². The van der Waals surface area contributed by atoms with Crippen molar-refractivity contribution in [3.63, 3.8) is 0 Å². The molecule has 0 fully saturated rings. The lowest BCUT2D eigenvalue weighted by Gasteiger charge is -2.00. The molecule has 0 aliphatic rings. The zero-order chi connectivity index (χ0) is 15.7. The Kier molecular flexibility index (Phi) is 3.47. The highest BCUT2D eigenvalue weighted by atomic mass is 16.6. The third kappa shape index (κ3) is 2.74. The van der Waals surface area contributed by atoms with E-state index in [-0.39, 0.29) is 5.69 Å². The van der Waals surface area contributed by atoms with Crippen molar-refractivity contribution in [1.82, 2.24) is 4.98 Å². The summed E-state index contributed by atoms with van der Waals surface area (Å²) < 4.78 is 5.57. The summed E-state index contributed by atoms with van der Waals surface area (Å²) in [5, 5.41) is 10.8. The number of nitrogens with zero attached hydrogens (tertiary/aromatic N) is 2. The van der Waals surface area contributed by atoms with Crippen LogP contribution in [-0.4, -0.2) is 9.91 Å². The van der Waals surface area contributed by atoms with E-state index < -0.39 is 4.92 Å². The molecule has 0 amide bonds. The zero-order valence-electron chi connectivity index (χ0n) is 12.2. The van der Waals surface area contributed by atoms with Crippen molar-refractivity contribution in [2.24, 2.45) is 0 Å². The summed E-state index contributed by atoms with van der Waals surface area (Å²) in [7, 11) is 0. The summed E-state index contributed by atoms with van der Waals surface area (Å²) in [6.07, 6.45) is 3.70. The second-order valence-corrected chi connectivity index (χ2v) is 5.15. The van der Waals surface area contributed by atoms with Crippen LogP contribution < -0.4 is 0 Å². The number of nitro benzene ring substituents is 1. The van der Waals surface area contributed by atoms with Crippen molar-refractivity contribution in [3.8, 4) is 0 Å². The molecule has 0 aliphatic heterocycles. The molecular formula is C17H14N2O3. The minimum atomic E-state index is -0.445. The SMILES string of the molecule is Cc1ccc(C)c(/C=C/c2nc3cc([N+](=O)[O-])ccc3o2)c1. The van der Waals surface area contributed by atoms with Gasteiger partial charge in [-0.3, -0.25) is 10.1 Å². The largest absolute Gasteiger partial charge is 0.437 e. The second kappa shape index (κ2) is 5.44. The predicted molar refractivity (Wildman–Crippen MR) is 85.5 cm³/mol. The van der Waals surface area contributed by atoms with Crippen LogP contribution in [0.5, 0.6) is 0 Å². The summed E-state index contributed by atoms with van der Waals surface area (Å²) >= 11 is 0. The molecule has 1 aromatic heterocycles. The molecule has 110 valence electrons. The molecule has 5 nitrogen and oxygen atoms in total. The molecule has 3 aromatic rings. The summed E-state index contributed by atoms with van der Waals surface area (Å²) in [6.45, 7) is 4.07. The Hall–Kier alpha value is -2.95. The molecule has 3 rings (SSSR count). The summed E-state index contributed by atoms with van der Waals surface area (Å²) in [5.41, 5.74) is 4.45. The zero-order valence-corrected chi connectivity index (χ0v) is 12.2. The van der Waals surface area contributed by atoms with Gasteiger partial charge in [0.25, 0.3) is 5.69 Å². The molecule has 0 radical (unpaired) electrons. The summed E-state index contributed by atoms with van der Waals surface area (Å²) in [4.78, 5) is 14.6. The third-order valence-electron chi connectivity index (χ3n) is 3.44. The van der Waals surface area contributed by atoms with Crippen molar-refractivity contribution in [2.75, 3.05) is 0 Å². The Labute approximate surface area is 127 Å². The number of aryl methyl sites for hydroxylation is 2. The van der Waals surface area contributed by atoms with Crippen LogP contribution in [-0.2, 0) is 0 Å². The van der Waals surface area contributed by atoms with Crippen LogP contribution in [0.15, 0.2) is 40.8 Å². The number of hydrogen-bond donors (Lipinski definition) is 0. The van der Waals surface area contributed by atoms with Crippen LogP contribution >= 0.6 is 0 Å². The quantitative estimate of drug-likeness (QED) is 0.526. The van der Waals surface area contributed by atoms with E-state index in [4.69, 9.17) is 4.42 Å². The minimum Gasteiger partial charge on any atom is -0.437 e. The normalized spacial score (nSPS) is 11.4. The Morgan fingerprint density at radius 2 is 1.95 bits per heavy atom. The number of nitro groups is 1. The average molecular weight is 294 g/mol. The smallest absolute Gasteiger partial charge is 0.271 e. The number of non-ortho nitro benzene ring substituents is 1. The van der Waals surface area contributed by atoms with E-state index >= 15 is 0 Å². The lowest BCUT2D eigenvalue weighted by molar-refractivity contribution is -0.384. The lowest BCUT2D eigenvalue weighted by Crippen LogP contribution is -1.86. The van der Waals surface area contributed by atoms with Crippen LogP contribution in [0, 0.1) is 24.0 Å². The topological polar surface area (TPSA) is 69.2 Å². The van der Waals surface area contributed by atoms with Crippen LogP contribution in [0.2, 0.25) is 0 Å². The van der Waals surface area contributed by atoms with Gasteiger partial charge in [0.15, 0.2) is 5.58 Å². The highest BCUT2D eigenvalue weighted by Crippen LogP contribution is 2.22. The van der Waals surface area contributed by atoms with Gasteiger partial charge in [0.05, 0.1) is 4.92 Å². The first-order chi connectivity index (χ1) is 10.5. The van der Waals surface area contributed by atoms with Crippen LogP contribution in [0.25, 0.3) is 23.3 Å². The number of aromatic nitrogens is 1. The first kappa shape index (κ1) is 14.0. The number of fused-ring (bicyclic) bond motifs is 1. The van der Waals surface area contributed by atoms with E-state index in [0.717, 1.165) is 11.1 Å². The molecule has 0 saturated carbocycles. The van der Waals surface area contributed by atoms with Crippen LogP contribution in [0.4, 0.5) is 5.69 Å². The highest BCUT2D eigenvalue weighted by Gasteiger charge is 2.10. The van der Waals surface area contributed by atoms with Gasteiger partial charge in [0.2, 0.25) is 5.89 Å². The van der Waals surface area contributed by atoms with Gasteiger partial charge in [0, 0.05) is 18.2 Å². The maximum atomic E-state index is 10.8. The molecule has 0 bridgehead atoms. The molecule has 5 heteroatoms. The Balaban J connectivity index is 1.95. The van der Waals surface area contributed by atoms with Crippen LogP contribution in [0.1, 0.15) is 22.6 Å². The molecule has 1 heterocycles. The first-order valence-electron chi connectivity index (χ1n) is 6.83. The van der Waals surface area contributed by atoms with Crippen LogP contribution in [0.3, 0.4) is 0 Å². The fourth-order valence-corrected chi connectivity index (χ4v) is 2.22. The van der Waals surface area contributed by atoms with Gasteiger partial charge in [-0.1, -0.05) is 23.8 Å². The molecule has 0 saturated heterocycles. The molecule has 0 unspecified atom stereocenters. The second-order valence-electron chi connectivity index (χ2n) is 5.15. The lowest BCUT2D eigenvalue weighted by atomic mass is 10.1. The van der Waals surface area contributed by atoms with Gasteiger partial charge in [-0.15, -0.1) is 0 Å². The van der Waals surface area contributed by atoms with Crippen molar-refractivity contribution in [3.05, 3.63) is 69.1 Å². The standard InChI is InChI=1S/C17H14N2O3/c1-11-3-4-12(2)13(9-11)5-8-17-18-15-10-14(19(20)21)6-7-16(15)22-17/h3-10H,1-2H3/b8-5+. The van der Waals surface area contributed by atoms with E-state index in [1.807, 2.05) is 19.9 Å². The number of hydrogen-bond acceptors (Lipinski definition) is 4. The van der Waals surface area contributed by atoms with Gasteiger partial charge in [-0.05, 0) is 37.1 Å². The van der Waals surface area contributed by atoms with Crippen molar-refractivity contribution < 1.29 is 9.34 Å². The number of rotatable bonds is 3. The Morgan fingerprint density at radius 1 is 1.14 bits per heavy atom. The Bertz CT molecular complexity index is 894. The third-order valence-corrected chi connectivity index (χ3v) is 3.44. The van der Waals surface area contributed by atoms with E-state index in [0.29, 0.717) is 17.0 Å². The average Bonchev–Trinajstić information content (AvgIpc) is 2.90. The molecule has 22 heavy (non-hydrogen) atoms. The van der Waals surface area contributed by atoms with Crippen molar-refractivity contribution in [2.45, 2.75) is 13.8 Å². The fourth-order valence-electron chi connectivity index (χ4n) is 2.22. The summed E-state index contributed by atoms with van der Waals surface area (Å²) in [6, 6.07) is 10.6. The molecule has 0 spiro atoms. The van der Waals surface area contributed by atoms with Crippen molar-refractivity contribution in [1.29, 1.82) is 0 Å². The maximum Gasteiger partial charge on any atom is 0.271 e. The maximum absolute atomic E-state index is 10.8. The van der Waals surface area contributed by atoms with Gasteiger partial charge in [-0.2, -0.15) is 0 Å². The molecule has 0 atom stereocenters. The van der Waals surface area contributed by atoms with Gasteiger partial charge in [-0.25, -0.2) is 4.98 Å². The predicted octanol–water partition coefficient (Wildman–Crippen LogP) is 4.52. The monoisotopic (exact) mass is 294 g/mol. The van der Waals surface area contributed by atoms with Gasteiger partial charge < -0.3 is 4.42 Å². The van der Waals surface area contributed by atoms with Gasteiger partial charge in [0.1, 0.15) is 5.52 Å². The Morgan fingerprint density at radius 3 is 2.73 bits per heavy atom. The minimum absolute atomic E-state index is 0.00542. The summed E-state index contributed by atoms with van der Waals surface area (Å²) in [5.74, 6) is 0.427. The molecule has 0 N–H and O–H groups in total. The molecule has 0 aliphatic carbocycles. The molecule has 2 aromatic carbocycles. The number of oxazole rings is 1. The van der Waals surface area contributed by atoms with E-state index in [1.54, 1.807) is 12.1 Å². The highest BCUT2D eigenvalue weighted by molar-refractivity contribution is 5.78. The van der Waals surface area contributed by atoms with E-state index in [9.17, 15) is 10.1 Å². The molecular weight excluding hydrogens is 280 g/mol. The van der Waals surface area contributed by atoms with Gasteiger partial charge >= 0.3 is 0 Å². The van der Waals surface area contributed by atoms with E-state index in [1.165, 1.54) is 17.7 Å². The van der Waals surface area contributed by atoms with E-state index in [2.05, 4.69) is 23.2 Å².